The van der Waals surface area contributed by atoms with Crippen molar-refractivity contribution in [3.8, 4) is 0 Å². The predicted octanol–water partition coefficient (Wildman–Crippen LogP) is 2.53. The second-order valence-corrected chi connectivity index (χ2v) is 4.07. The fourth-order valence-electron chi connectivity index (χ4n) is 1.72. The highest BCUT2D eigenvalue weighted by Gasteiger charge is 2.11. The molecular formula is C13H16N2O. The maximum Gasteiger partial charge on any atom is 0.101 e. The summed E-state index contributed by atoms with van der Waals surface area (Å²) in [6.45, 7) is 3.97. The molecule has 2 N–H and O–H groups in total. The summed E-state index contributed by atoms with van der Waals surface area (Å²) in [5.74, 6) is 0.892. The van der Waals surface area contributed by atoms with Crippen LogP contribution in [-0.2, 0) is 6.42 Å². The van der Waals surface area contributed by atoms with Crippen LogP contribution in [0.4, 0.5) is 0 Å². The number of aryl methyl sites for hydroxylation is 2. The van der Waals surface area contributed by atoms with Crippen LogP contribution < -0.4 is 5.73 Å². The third-order valence-electron chi connectivity index (χ3n) is 2.71. The average Bonchev–Trinajstić information content (AvgIpc) is 2.68. The fraction of sp³-hybridized carbons (Fsp3) is 0.308. The Morgan fingerprint density at radius 3 is 2.88 bits per heavy atom. The van der Waals surface area contributed by atoms with E-state index in [1.807, 2.05) is 19.1 Å². The van der Waals surface area contributed by atoms with Gasteiger partial charge < -0.3 is 10.2 Å². The predicted molar refractivity (Wildman–Crippen MR) is 63.1 cm³/mol. The van der Waals surface area contributed by atoms with Gasteiger partial charge in [0.25, 0.3) is 0 Å². The van der Waals surface area contributed by atoms with Crippen LogP contribution in [0.3, 0.4) is 0 Å². The normalized spacial score (nSPS) is 12.7. The van der Waals surface area contributed by atoms with Crippen molar-refractivity contribution in [2.24, 2.45) is 5.73 Å². The number of aromatic nitrogens is 1. The molecule has 0 bridgehead atoms. The summed E-state index contributed by atoms with van der Waals surface area (Å²) in [6, 6.07) is 5.91. The van der Waals surface area contributed by atoms with Crippen LogP contribution in [0.5, 0.6) is 0 Å². The Morgan fingerprint density at radius 2 is 2.25 bits per heavy atom. The van der Waals surface area contributed by atoms with E-state index in [2.05, 4.69) is 18.0 Å². The van der Waals surface area contributed by atoms with Crippen molar-refractivity contribution in [2.45, 2.75) is 26.3 Å². The molecule has 0 spiro atoms. The lowest BCUT2D eigenvalue weighted by molar-refractivity contribution is 0.528. The topological polar surface area (TPSA) is 52.0 Å². The lowest BCUT2D eigenvalue weighted by Crippen LogP contribution is -2.14. The van der Waals surface area contributed by atoms with Gasteiger partial charge in [0.2, 0.25) is 0 Å². The molecule has 0 radical (unpaired) electrons. The molecule has 16 heavy (non-hydrogen) atoms. The Bertz CT molecular complexity index is 476. The van der Waals surface area contributed by atoms with Crippen molar-refractivity contribution in [1.82, 2.24) is 4.98 Å². The van der Waals surface area contributed by atoms with Gasteiger partial charge in [-0.1, -0.05) is 6.07 Å². The molecular weight excluding hydrogens is 200 g/mol. The van der Waals surface area contributed by atoms with Crippen molar-refractivity contribution in [1.29, 1.82) is 0 Å². The molecule has 2 aromatic heterocycles. The summed E-state index contributed by atoms with van der Waals surface area (Å²) in [6.07, 6.45) is 4.26. The van der Waals surface area contributed by atoms with Crippen molar-refractivity contribution >= 4 is 0 Å². The van der Waals surface area contributed by atoms with Crippen LogP contribution >= 0.6 is 0 Å². The van der Waals surface area contributed by atoms with E-state index >= 15 is 0 Å². The van der Waals surface area contributed by atoms with Crippen molar-refractivity contribution in [3.63, 3.8) is 0 Å². The molecule has 84 valence electrons. The van der Waals surface area contributed by atoms with E-state index in [1.165, 1.54) is 5.56 Å². The van der Waals surface area contributed by atoms with Gasteiger partial charge in [0, 0.05) is 29.9 Å². The Hall–Kier alpha value is -1.61. The van der Waals surface area contributed by atoms with E-state index in [-0.39, 0.29) is 6.04 Å². The fourth-order valence-corrected chi connectivity index (χ4v) is 1.72. The molecule has 3 nitrogen and oxygen atoms in total. The minimum Gasteiger partial charge on any atom is -0.469 e. The number of nitrogens with zero attached hydrogens (tertiary/aromatic N) is 1. The highest BCUT2D eigenvalue weighted by Crippen LogP contribution is 2.18. The van der Waals surface area contributed by atoms with Gasteiger partial charge in [0.05, 0.1) is 6.26 Å². The van der Waals surface area contributed by atoms with Gasteiger partial charge in [0.15, 0.2) is 0 Å². The number of rotatable bonds is 3. The lowest BCUT2D eigenvalue weighted by Gasteiger charge is -2.10. The Kier molecular flexibility index (Phi) is 3.06. The molecule has 2 aromatic rings. The van der Waals surface area contributed by atoms with E-state index < -0.39 is 0 Å². The van der Waals surface area contributed by atoms with Crippen LogP contribution in [-0.4, -0.2) is 4.98 Å². The van der Waals surface area contributed by atoms with E-state index in [9.17, 15) is 0 Å². The van der Waals surface area contributed by atoms with Crippen molar-refractivity contribution in [2.75, 3.05) is 0 Å². The molecule has 1 unspecified atom stereocenters. The first-order valence-corrected chi connectivity index (χ1v) is 5.38. The Labute approximate surface area is 95.3 Å². The van der Waals surface area contributed by atoms with Crippen LogP contribution in [0.15, 0.2) is 35.1 Å². The molecule has 2 rings (SSSR count). The minimum atomic E-state index is -0.0500. The summed E-state index contributed by atoms with van der Waals surface area (Å²) < 4.78 is 5.25. The zero-order valence-electron chi connectivity index (χ0n) is 9.60. The largest absolute Gasteiger partial charge is 0.469 e. The summed E-state index contributed by atoms with van der Waals surface area (Å²) in [4.78, 5) is 4.34. The van der Waals surface area contributed by atoms with E-state index in [1.54, 1.807) is 12.5 Å². The molecule has 0 aromatic carbocycles. The second-order valence-electron chi connectivity index (χ2n) is 4.07. The van der Waals surface area contributed by atoms with Gasteiger partial charge in [-0.25, -0.2) is 0 Å². The third-order valence-corrected chi connectivity index (χ3v) is 2.71. The highest BCUT2D eigenvalue weighted by atomic mass is 16.3. The number of hydrogen-bond acceptors (Lipinski definition) is 3. The van der Waals surface area contributed by atoms with Gasteiger partial charge in [-0.3, -0.25) is 4.98 Å². The molecule has 0 fully saturated rings. The molecule has 3 heteroatoms. The zero-order chi connectivity index (χ0) is 11.5. The Morgan fingerprint density at radius 1 is 1.44 bits per heavy atom. The minimum absolute atomic E-state index is 0.0500. The number of nitrogens with two attached hydrogens (primary N) is 1. The van der Waals surface area contributed by atoms with E-state index in [0.29, 0.717) is 0 Å². The molecule has 0 aliphatic carbocycles. The van der Waals surface area contributed by atoms with Crippen LogP contribution in [0.1, 0.15) is 28.6 Å². The molecule has 0 saturated carbocycles. The van der Waals surface area contributed by atoms with Gasteiger partial charge in [-0.05, 0) is 31.5 Å². The monoisotopic (exact) mass is 216 g/mol. The molecule has 0 aliphatic heterocycles. The first-order chi connectivity index (χ1) is 7.66. The third kappa shape index (κ3) is 2.31. The summed E-state index contributed by atoms with van der Waals surface area (Å²) in [5, 5.41) is 0. The SMILES string of the molecule is Cc1cc(C(N)Cc2ncccc2C)co1. The van der Waals surface area contributed by atoms with Crippen molar-refractivity contribution in [3.05, 3.63) is 53.2 Å². The van der Waals surface area contributed by atoms with Gasteiger partial charge in [-0.2, -0.15) is 0 Å². The number of pyridine rings is 1. The highest BCUT2D eigenvalue weighted by molar-refractivity contribution is 5.23. The smallest absolute Gasteiger partial charge is 0.101 e. The van der Waals surface area contributed by atoms with Gasteiger partial charge in [0.1, 0.15) is 5.76 Å². The quantitative estimate of drug-likeness (QED) is 0.857. The first-order valence-electron chi connectivity index (χ1n) is 5.38. The Balaban J connectivity index is 2.13. The summed E-state index contributed by atoms with van der Waals surface area (Å²) in [7, 11) is 0. The lowest BCUT2D eigenvalue weighted by atomic mass is 10.0. The molecule has 0 saturated heterocycles. The van der Waals surface area contributed by atoms with Crippen LogP contribution in [0.25, 0.3) is 0 Å². The van der Waals surface area contributed by atoms with Crippen LogP contribution in [0.2, 0.25) is 0 Å². The summed E-state index contributed by atoms with van der Waals surface area (Å²) >= 11 is 0. The first kappa shape index (κ1) is 10.9. The maximum absolute atomic E-state index is 6.11. The number of furan rings is 1. The standard InChI is InChI=1S/C13H16N2O/c1-9-4-3-5-15-13(9)7-12(14)11-6-10(2)16-8-11/h3-6,8,12H,7,14H2,1-2H3. The average molecular weight is 216 g/mol. The molecule has 0 amide bonds. The number of hydrogen-bond donors (Lipinski definition) is 1. The van der Waals surface area contributed by atoms with Gasteiger partial charge >= 0.3 is 0 Å². The van der Waals surface area contributed by atoms with Crippen molar-refractivity contribution < 1.29 is 4.42 Å². The molecule has 0 aliphatic rings. The summed E-state index contributed by atoms with van der Waals surface area (Å²) in [5.41, 5.74) is 9.37. The van der Waals surface area contributed by atoms with E-state index in [4.69, 9.17) is 10.2 Å². The second kappa shape index (κ2) is 4.49. The maximum atomic E-state index is 6.11. The van der Waals surface area contributed by atoms with Gasteiger partial charge in [-0.15, -0.1) is 0 Å². The van der Waals surface area contributed by atoms with Crippen LogP contribution in [0, 0.1) is 13.8 Å². The molecule has 1 atom stereocenters. The molecule has 2 heterocycles. The van der Waals surface area contributed by atoms with E-state index in [0.717, 1.165) is 23.4 Å². The zero-order valence-corrected chi connectivity index (χ0v) is 9.60.